The number of hydrogen-bond acceptors (Lipinski definition) is 4. The van der Waals surface area contributed by atoms with E-state index in [1.807, 2.05) is 0 Å². The predicted molar refractivity (Wildman–Crippen MR) is 68.6 cm³/mol. The van der Waals surface area contributed by atoms with Crippen LogP contribution in [0.15, 0.2) is 18.2 Å². The lowest BCUT2D eigenvalue weighted by atomic mass is 10.3. The summed E-state index contributed by atoms with van der Waals surface area (Å²) in [5.74, 6) is -0.567. The zero-order valence-electron chi connectivity index (χ0n) is 10.3. The van der Waals surface area contributed by atoms with Gasteiger partial charge in [0.1, 0.15) is 0 Å². The lowest BCUT2D eigenvalue weighted by Gasteiger charge is -2.15. The molecule has 1 rings (SSSR count). The first-order chi connectivity index (χ1) is 8.44. The van der Waals surface area contributed by atoms with Gasteiger partial charge in [-0.05, 0) is 18.6 Å². The molecule has 0 radical (unpaired) electrons. The Bertz CT molecular complexity index is 501. The number of rotatable bonds is 6. The maximum Gasteiger partial charge on any atom is 0.236 e. The molecule has 0 aromatic heterocycles. The van der Waals surface area contributed by atoms with Gasteiger partial charge in [-0.1, -0.05) is 6.92 Å². The van der Waals surface area contributed by atoms with Crippen molar-refractivity contribution in [3.05, 3.63) is 24.0 Å². The van der Waals surface area contributed by atoms with Crippen LogP contribution in [0.1, 0.15) is 13.3 Å². The van der Waals surface area contributed by atoms with Crippen molar-refractivity contribution in [3.8, 4) is 5.75 Å². The zero-order chi connectivity index (χ0) is 13.8. The fourth-order valence-corrected chi connectivity index (χ4v) is 2.80. The molecule has 1 atom stereocenters. The van der Waals surface area contributed by atoms with Gasteiger partial charge in [-0.3, -0.25) is 4.72 Å². The first-order valence-electron chi connectivity index (χ1n) is 5.49. The van der Waals surface area contributed by atoms with Crippen LogP contribution < -0.4 is 15.2 Å². The van der Waals surface area contributed by atoms with Crippen LogP contribution in [0.4, 0.5) is 10.1 Å². The molecule has 1 aromatic rings. The highest BCUT2D eigenvalue weighted by Crippen LogP contribution is 2.22. The van der Waals surface area contributed by atoms with Crippen molar-refractivity contribution in [2.75, 3.05) is 18.4 Å². The van der Waals surface area contributed by atoms with Gasteiger partial charge >= 0.3 is 0 Å². The van der Waals surface area contributed by atoms with Crippen molar-refractivity contribution in [2.24, 2.45) is 5.73 Å². The van der Waals surface area contributed by atoms with Crippen molar-refractivity contribution >= 4 is 15.7 Å². The molecule has 5 nitrogen and oxygen atoms in total. The first kappa shape index (κ1) is 14.7. The lowest BCUT2D eigenvalue weighted by molar-refractivity contribution is 0.386. The number of anilines is 1. The number of sulfonamides is 1. The van der Waals surface area contributed by atoms with Crippen LogP contribution in [0.5, 0.6) is 5.75 Å². The Morgan fingerprint density at radius 3 is 2.61 bits per heavy atom. The van der Waals surface area contributed by atoms with Crippen LogP contribution in [0.25, 0.3) is 0 Å². The normalized spacial score (nSPS) is 13.1. The van der Waals surface area contributed by atoms with Gasteiger partial charge in [-0.25, -0.2) is 12.8 Å². The second-order valence-corrected chi connectivity index (χ2v) is 5.72. The topological polar surface area (TPSA) is 81.4 Å². The second kappa shape index (κ2) is 6.01. The molecule has 0 bridgehead atoms. The van der Waals surface area contributed by atoms with E-state index < -0.39 is 21.1 Å². The van der Waals surface area contributed by atoms with Crippen LogP contribution in [-0.2, 0) is 10.0 Å². The van der Waals surface area contributed by atoms with Crippen LogP contribution in [0, 0.1) is 5.82 Å². The van der Waals surface area contributed by atoms with E-state index in [1.54, 1.807) is 6.92 Å². The van der Waals surface area contributed by atoms with Gasteiger partial charge in [0.05, 0.1) is 18.0 Å². The monoisotopic (exact) mass is 276 g/mol. The average molecular weight is 276 g/mol. The summed E-state index contributed by atoms with van der Waals surface area (Å²) in [6, 6.07) is 3.86. The van der Waals surface area contributed by atoms with Crippen LogP contribution in [0.3, 0.4) is 0 Å². The van der Waals surface area contributed by atoms with E-state index in [0.717, 1.165) is 6.07 Å². The summed E-state index contributed by atoms with van der Waals surface area (Å²) < 4.78 is 44.2. The standard InChI is InChI=1S/C11H17FN2O3S/c1-3-9(7-13)18(15,16)14-8-4-5-11(17-2)10(12)6-8/h4-6,9,14H,3,7,13H2,1-2H3. The minimum atomic E-state index is -3.59. The molecule has 1 aromatic carbocycles. The smallest absolute Gasteiger partial charge is 0.236 e. The molecular weight excluding hydrogens is 259 g/mol. The molecule has 18 heavy (non-hydrogen) atoms. The third-order valence-electron chi connectivity index (χ3n) is 2.57. The second-order valence-electron chi connectivity index (χ2n) is 3.76. The third-order valence-corrected chi connectivity index (χ3v) is 4.49. The van der Waals surface area contributed by atoms with Crippen LogP contribution in [0.2, 0.25) is 0 Å². The summed E-state index contributed by atoms with van der Waals surface area (Å²) in [5.41, 5.74) is 5.54. The molecule has 0 spiro atoms. The van der Waals surface area contributed by atoms with Gasteiger partial charge in [0, 0.05) is 12.6 Å². The molecule has 0 aliphatic carbocycles. The van der Waals surface area contributed by atoms with E-state index in [1.165, 1.54) is 19.2 Å². The number of methoxy groups -OCH3 is 1. The molecule has 0 saturated heterocycles. The Hall–Kier alpha value is -1.34. The van der Waals surface area contributed by atoms with Gasteiger partial charge in [0.2, 0.25) is 10.0 Å². The third kappa shape index (κ3) is 3.33. The minimum absolute atomic E-state index is 0.0183. The van der Waals surface area contributed by atoms with E-state index in [4.69, 9.17) is 10.5 Å². The van der Waals surface area contributed by atoms with Gasteiger partial charge in [-0.15, -0.1) is 0 Å². The molecule has 0 heterocycles. The quantitative estimate of drug-likeness (QED) is 0.821. The number of hydrogen-bond donors (Lipinski definition) is 2. The Morgan fingerprint density at radius 2 is 2.17 bits per heavy atom. The summed E-state index contributed by atoms with van der Waals surface area (Å²) in [5, 5.41) is -0.692. The largest absolute Gasteiger partial charge is 0.494 e. The summed E-state index contributed by atoms with van der Waals surface area (Å²) in [4.78, 5) is 0. The molecule has 102 valence electrons. The molecule has 0 fully saturated rings. The number of halogens is 1. The highest BCUT2D eigenvalue weighted by molar-refractivity contribution is 7.93. The van der Waals surface area contributed by atoms with E-state index >= 15 is 0 Å². The van der Waals surface area contributed by atoms with Crippen molar-refractivity contribution < 1.29 is 17.5 Å². The van der Waals surface area contributed by atoms with E-state index in [-0.39, 0.29) is 18.0 Å². The van der Waals surface area contributed by atoms with Gasteiger partial charge in [-0.2, -0.15) is 0 Å². The first-order valence-corrected chi connectivity index (χ1v) is 7.04. The van der Waals surface area contributed by atoms with Gasteiger partial charge in [0.25, 0.3) is 0 Å². The van der Waals surface area contributed by atoms with Crippen LogP contribution in [-0.4, -0.2) is 27.3 Å². The lowest BCUT2D eigenvalue weighted by Crippen LogP contribution is -2.33. The van der Waals surface area contributed by atoms with Crippen LogP contribution >= 0.6 is 0 Å². The number of nitrogens with two attached hydrogens (primary N) is 1. The predicted octanol–water partition coefficient (Wildman–Crippen LogP) is 1.31. The summed E-state index contributed by atoms with van der Waals surface area (Å²) in [6.45, 7) is 1.75. The SMILES string of the molecule is CCC(CN)S(=O)(=O)Nc1ccc(OC)c(F)c1. The number of nitrogens with one attached hydrogen (secondary N) is 1. The van der Waals surface area contributed by atoms with E-state index in [9.17, 15) is 12.8 Å². The molecule has 0 amide bonds. The van der Waals surface area contributed by atoms with Gasteiger partial charge < -0.3 is 10.5 Å². The molecular formula is C11H17FN2O3S. The van der Waals surface area contributed by atoms with Crippen molar-refractivity contribution in [2.45, 2.75) is 18.6 Å². The van der Waals surface area contributed by atoms with Crippen molar-refractivity contribution in [1.29, 1.82) is 0 Å². The highest BCUT2D eigenvalue weighted by Gasteiger charge is 2.22. The summed E-state index contributed by atoms with van der Waals surface area (Å²) in [6.07, 6.45) is 0.393. The highest BCUT2D eigenvalue weighted by atomic mass is 32.2. The number of benzene rings is 1. The maximum atomic E-state index is 13.4. The molecule has 7 heteroatoms. The Morgan fingerprint density at radius 1 is 1.50 bits per heavy atom. The Kier molecular flexibility index (Phi) is 4.92. The van der Waals surface area contributed by atoms with Gasteiger partial charge in [0.15, 0.2) is 11.6 Å². The molecule has 0 aliphatic heterocycles. The number of ether oxygens (including phenoxy) is 1. The Labute approximate surface area is 106 Å². The fraction of sp³-hybridized carbons (Fsp3) is 0.455. The summed E-state index contributed by atoms with van der Waals surface area (Å²) in [7, 11) is -2.26. The average Bonchev–Trinajstić information content (AvgIpc) is 2.29. The molecule has 1 unspecified atom stereocenters. The van der Waals surface area contributed by atoms with E-state index in [2.05, 4.69) is 4.72 Å². The zero-order valence-corrected chi connectivity index (χ0v) is 11.1. The van der Waals surface area contributed by atoms with Crippen molar-refractivity contribution in [1.82, 2.24) is 0 Å². The Balaban J connectivity index is 2.94. The van der Waals surface area contributed by atoms with Crippen molar-refractivity contribution in [3.63, 3.8) is 0 Å². The molecule has 0 aliphatic rings. The minimum Gasteiger partial charge on any atom is -0.494 e. The van der Waals surface area contributed by atoms with E-state index in [0.29, 0.717) is 6.42 Å². The molecule has 0 saturated carbocycles. The molecule has 3 N–H and O–H groups in total. The summed E-state index contributed by atoms with van der Waals surface area (Å²) >= 11 is 0. The fourth-order valence-electron chi connectivity index (χ4n) is 1.49. The maximum absolute atomic E-state index is 13.4.